The van der Waals surface area contributed by atoms with Crippen molar-refractivity contribution in [3.63, 3.8) is 0 Å². The highest BCUT2D eigenvalue weighted by atomic mass is 35.5. The van der Waals surface area contributed by atoms with E-state index in [2.05, 4.69) is 10.6 Å². The number of methoxy groups -OCH3 is 1. The second-order valence-corrected chi connectivity index (χ2v) is 6.66. The lowest BCUT2D eigenvalue weighted by molar-refractivity contribution is -0.146. The fraction of sp³-hybridized carbons (Fsp3) is 0.467. The molecule has 5 nitrogen and oxygen atoms in total. The van der Waals surface area contributed by atoms with Crippen LogP contribution in [0.3, 0.4) is 0 Å². The smallest absolute Gasteiger partial charge is 0.323 e. The maximum atomic E-state index is 12.0. The standard InChI is InChI=1S/C15H20Cl2N2O3/c1-15(2,3)13(14(21)22-4)18-8-11(20)19-12-9(16)6-5-7-10(12)17/h5-7,13,18H,8H2,1-4H3,(H,19,20). The molecule has 1 unspecified atom stereocenters. The van der Waals surface area contributed by atoms with Crippen LogP contribution in [-0.4, -0.2) is 31.6 Å². The predicted molar refractivity (Wildman–Crippen MR) is 88.4 cm³/mol. The van der Waals surface area contributed by atoms with Crippen molar-refractivity contribution in [1.29, 1.82) is 0 Å². The molecule has 7 heteroatoms. The molecule has 2 N–H and O–H groups in total. The number of rotatable bonds is 5. The third kappa shape index (κ3) is 5.16. The summed E-state index contributed by atoms with van der Waals surface area (Å²) in [5.41, 5.74) is -0.0434. The molecule has 0 aromatic heterocycles. The van der Waals surface area contributed by atoms with Gasteiger partial charge in [-0.15, -0.1) is 0 Å². The monoisotopic (exact) mass is 346 g/mol. The second-order valence-electron chi connectivity index (χ2n) is 5.85. The third-order valence-corrected chi connectivity index (χ3v) is 3.63. The summed E-state index contributed by atoms with van der Waals surface area (Å²) >= 11 is 12.0. The van der Waals surface area contributed by atoms with Crippen LogP contribution in [0.1, 0.15) is 20.8 Å². The van der Waals surface area contributed by atoms with Crippen LogP contribution >= 0.6 is 23.2 Å². The van der Waals surface area contributed by atoms with Gasteiger partial charge in [-0.2, -0.15) is 0 Å². The molecular weight excluding hydrogens is 327 g/mol. The van der Waals surface area contributed by atoms with Crippen molar-refractivity contribution in [3.8, 4) is 0 Å². The van der Waals surface area contributed by atoms with Crippen molar-refractivity contribution in [2.45, 2.75) is 26.8 Å². The van der Waals surface area contributed by atoms with Crippen LogP contribution in [0.15, 0.2) is 18.2 Å². The highest BCUT2D eigenvalue weighted by Crippen LogP contribution is 2.29. The zero-order chi connectivity index (χ0) is 16.9. The van der Waals surface area contributed by atoms with E-state index < -0.39 is 17.4 Å². The largest absolute Gasteiger partial charge is 0.468 e. The normalized spacial score (nSPS) is 12.6. The quantitative estimate of drug-likeness (QED) is 0.803. The molecule has 0 aliphatic heterocycles. The van der Waals surface area contributed by atoms with Gasteiger partial charge < -0.3 is 10.1 Å². The van der Waals surface area contributed by atoms with Crippen LogP contribution in [0, 0.1) is 5.41 Å². The van der Waals surface area contributed by atoms with Crippen LogP contribution in [-0.2, 0) is 14.3 Å². The topological polar surface area (TPSA) is 67.4 Å². The van der Waals surface area contributed by atoms with Gasteiger partial charge in [0, 0.05) is 0 Å². The molecule has 1 aromatic rings. The highest BCUT2D eigenvalue weighted by Gasteiger charge is 2.32. The summed E-state index contributed by atoms with van der Waals surface area (Å²) in [7, 11) is 1.31. The van der Waals surface area contributed by atoms with E-state index in [1.54, 1.807) is 18.2 Å². The fourth-order valence-electron chi connectivity index (χ4n) is 1.86. The molecule has 122 valence electrons. The Bertz CT molecular complexity index is 536. The Morgan fingerprint density at radius 2 is 1.77 bits per heavy atom. The molecule has 1 atom stereocenters. The number of halogens is 2. The van der Waals surface area contributed by atoms with Crippen LogP contribution in [0.4, 0.5) is 5.69 Å². The lowest BCUT2D eigenvalue weighted by Crippen LogP contribution is -2.49. The van der Waals surface area contributed by atoms with E-state index in [0.29, 0.717) is 15.7 Å². The van der Waals surface area contributed by atoms with Gasteiger partial charge in [0.15, 0.2) is 0 Å². The van der Waals surface area contributed by atoms with Crippen LogP contribution in [0.25, 0.3) is 0 Å². The van der Waals surface area contributed by atoms with Crippen molar-refractivity contribution >= 4 is 40.8 Å². The number of nitrogens with one attached hydrogen (secondary N) is 2. The molecule has 0 aliphatic carbocycles. The summed E-state index contributed by atoms with van der Waals surface area (Å²) < 4.78 is 4.75. The van der Waals surface area contributed by atoms with E-state index in [-0.39, 0.29) is 12.5 Å². The molecule has 0 heterocycles. The molecule has 1 amide bonds. The molecule has 0 radical (unpaired) electrons. The van der Waals surface area contributed by atoms with Gasteiger partial charge in [-0.25, -0.2) is 0 Å². The molecule has 1 aromatic carbocycles. The SMILES string of the molecule is COC(=O)C(NCC(=O)Nc1c(Cl)cccc1Cl)C(C)(C)C. The number of esters is 1. The molecule has 0 spiro atoms. The van der Waals surface area contributed by atoms with Gasteiger partial charge in [-0.3, -0.25) is 14.9 Å². The number of amides is 1. The van der Waals surface area contributed by atoms with E-state index >= 15 is 0 Å². The van der Waals surface area contributed by atoms with Crippen molar-refractivity contribution in [1.82, 2.24) is 5.32 Å². The van der Waals surface area contributed by atoms with Gasteiger partial charge in [0.25, 0.3) is 0 Å². The predicted octanol–water partition coefficient (Wildman–Crippen LogP) is 3.11. The van der Waals surface area contributed by atoms with E-state index in [0.717, 1.165) is 0 Å². The summed E-state index contributed by atoms with van der Waals surface area (Å²) in [6.07, 6.45) is 0. The minimum absolute atomic E-state index is 0.0708. The maximum absolute atomic E-state index is 12.0. The van der Waals surface area contributed by atoms with Gasteiger partial charge in [-0.1, -0.05) is 50.0 Å². The first-order valence-corrected chi connectivity index (χ1v) is 7.47. The minimum atomic E-state index is -0.607. The first kappa shape index (κ1) is 18.7. The Hall–Kier alpha value is -1.30. The third-order valence-electron chi connectivity index (χ3n) is 3.00. The number of benzene rings is 1. The fourth-order valence-corrected chi connectivity index (χ4v) is 2.35. The number of para-hydroxylation sites is 1. The number of carbonyl (C=O) groups is 2. The number of ether oxygens (including phenoxy) is 1. The van der Waals surface area contributed by atoms with Gasteiger partial charge >= 0.3 is 5.97 Å². The Kier molecular flexibility index (Phi) is 6.66. The second kappa shape index (κ2) is 7.81. The summed E-state index contributed by atoms with van der Waals surface area (Å²) in [6.45, 7) is 5.57. The average molecular weight is 347 g/mol. The van der Waals surface area contributed by atoms with Gasteiger partial charge in [0.05, 0.1) is 29.4 Å². The van der Waals surface area contributed by atoms with Crippen molar-refractivity contribution in [2.75, 3.05) is 19.0 Å². The van der Waals surface area contributed by atoms with Crippen LogP contribution in [0.5, 0.6) is 0 Å². The summed E-state index contributed by atoms with van der Waals surface area (Å²) in [5.74, 6) is -0.774. The van der Waals surface area contributed by atoms with Gasteiger partial charge in [0.2, 0.25) is 5.91 Å². The molecule has 0 saturated carbocycles. The van der Waals surface area contributed by atoms with Gasteiger partial charge in [-0.05, 0) is 17.5 Å². The average Bonchev–Trinajstić information content (AvgIpc) is 2.41. The number of carbonyl (C=O) groups excluding carboxylic acids is 2. The van der Waals surface area contributed by atoms with Gasteiger partial charge in [0.1, 0.15) is 6.04 Å². The van der Waals surface area contributed by atoms with Crippen molar-refractivity contribution in [3.05, 3.63) is 28.2 Å². The summed E-state index contributed by atoms with van der Waals surface area (Å²) in [6, 6.07) is 4.34. The molecule has 0 saturated heterocycles. The number of anilines is 1. The number of hydrogen-bond donors (Lipinski definition) is 2. The summed E-state index contributed by atoms with van der Waals surface area (Å²) in [4.78, 5) is 23.8. The van der Waals surface area contributed by atoms with Crippen LogP contribution in [0.2, 0.25) is 10.0 Å². The first-order chi connectivity index (χ1) is 10.2. The van der Waals surface area contributed by atoms with E-state index in [1.165, 1.54) is 7.11 Å². The Balaban J connectivity index is 2.71. The highest BCUT2D eigenvalue weighted by molar-refractivity contribution is 6.39. The first-order valence-electron chi connectivity index (χ1n) is 6.72. The van der Waals surface area contributed by atoms with E-state index in [9.17, 15) is 9.59 Å². The molecule has 1 rings (SSSR count). The zero-order valence-corrected chi connectivity index (χ0v) is 14.5. The molecular formula is C15H20Cl2N2O3. The Labute approximate surface area is 140 Å². The molecule has 22 heavy (non-hydrogen) atoms. The van der Waals surface area contributed by atoms with Crippen molar-refractivity contribution in [2.24, 2.45) is 5.41 Å². The van der Waals surface area contributed by atoms with Crippen LogP contribution < -0.4 is 10.6 Å². The summed E-state index contributed by atoms with van der Waals surface area (Å²) in [5, 5.41) is 6.22. The lowest BCUT2D eigenvalue weighted by atomic mass is 9.87. The van der Waals surface area contributed by atoms with E-state index in [4.69, 9.17) is 27.9 Å². The lowest BCUT2D eigenvalue weighted by Gasteiger charge is -2.29. The molecule has 0 bridgehead atoms. The number of hydrogen-bond acceptors (Lipinski definition) is 4. The zero-order valence-electron chi connectivity index (χ0n) is 13.0. The molecule has 0 aliphatic rings. The Morgan fingerprint density at radius 3 is 2.23 bits per heavy atom. The minimum Gasteiger partial charge on any atom is -0.468 e. The Morgan fingerprint density at radius 1 is 1.23 bits per heavy atom. The molecule has 0 fully saturated rings. The van der Waals surface area contributed by atoms with E-state index in [1.807, 2.05) is 20.8 Å². The maximum Gasteiger partial charge on any atom is 0.323 e. The van der Waals surface area contributed by atoms with Crippen molar-refractivity contribution < 1.29 is 14.3 Å².